The van der Waals surface area contributed by atoms with Crippen molar-refractivity contribution < 1.29 is 14.0 Å². The number of nitrogens with one attached hydrogen (secondary N) is 2. The molecule has 0 bridgehead atoms. The van der Waals surface area contributed by atoms with E-state index in [1.54, 1.807) is 11.8 Å². The lowest BCUT2D eigenvalue weighted by molar-refractivity contribution is 0.174. The minimum absolute atomic E-state index is 0.0834. The highest BCUT2D eigenvalue weighted by atomic mass is 32.2. The Morgan fingerprint density at radius 3 is 3.00 bits per heavy atom. The topological polar surface area (TPSA) is 107 Å². The van der Waals surface area contributed by atoms with E-state index in [1.165, 1.54) is 0 Å². The van der Waals surface area contributed by atoms with Gasteiger partial charge in [-0.25, -0.2) is 10.9 Å². The highest BCUT2D eigenvalue weighted by molar-refractivity contribution is 7.99. The van der Waals surface area contributed by atoms with E-state index in [-0.39, 0.29) is 24.3 Å². The van der Waals surface area contributed by atoms with Crippen molar-refractivity contribution in [2.24, 2.45) is 5.73 Å². The molecule has 0 amide bonds. The van der Waals surface area contributed by atoms with E-state index in [9.17, 15) is 0 Å². The maximum atomic E-state index is 6.05. The number of hydrogen-bond acceptors (Lipinski definition) is 9. The molecule has 1 aromatic heterocycles. The van der Waals surface area contributed by atoms with E-state index in [2.05, 4.69) is 21.0 Å². The van der Waals surface area contributed by atoms with Gasteiger partial charge in [-0.1, -0.05) is 5.16 Å². The van der Waals surface area contributed by atoms with Gasteiger partial charge in [0.1, 0.15) is 0 Å². The molecule has 2 aliphatic rings. The Morgan fingerprint density at radius 2 is 2.14 bits per heavy atom. The summed E-state index contributed by atoms with van der Waals surface area (Å²) in [5.41, 5.74) is 13.0. The zero-order valence-corrected chi connectivity index (χ0v) is 12.6. The first kappa shape index (κ1) is 13.8. The number of ether oxygens (including phenoxy) is 2. The van der Waals surface area contributed by atoms with Gasteiger partial charge in [-0.05, 0) is 24.5 Å². The van der Waals surface area contributed by atoms with Crippen LogP contribution in [0.15, 0.2) is 22.7 Å². The molecule has 22 heavy (non-hydrogen) atoms. The van der Waals surface area contributed by atoms with E-state index < -0.39 is 0 Å². The molecule has 2 aliphatic heterocycles. The molecule has 3 atom stereocenters. The van der Waals surface area contributed by atoms with Gasteiger partial charge in [0.2, 0.25) is 18.5 Å². The summed E-state index contributed by atoms with van der Waals surface area (Å²) in [6.07, 6.45) is 1.72. The Morgan fingerprint density at radius 1 is 1.27 bits per heavy atom. The van der Waals surface area contributed by atoms with Gasteiger partial charge in [0.05, 0.1) is 17.5 Å². The number of hydrogen-bond donors (Lipinski definition) is 3. The third-order valence-electron chi connectivity index (χ3n) is 3.72. The SMILES string of the molecule is CSC1NNC(N)C1c1nc(-c2ccc3c(c2)OCO3)no1. The molecule has 0 saturated carbocycles. The summed E-state index contributed by atoms with van der Waals surface area (Å²) in [5.74, 6) is 2.34. The van der Waals surface area contributed by atoms with Crippen molar-refractivity contribution in [3.63, 3.8) is 0 Å². The normalized spacial score (nSPS) is 26.5. The monoisotopic (exact) mass is 321 g/mol. The summed E-state index contributed by atoms with van der Waals surface area (Å²) >= 11 is 1.64. The number of rotatable bonds is 3. The van der Waals surface area contributed by atoms with Crippen molar-refractivity contribution in [2.45, 2.75) is 17.5 Å². The molecule has 4 N–H and O–H groups in total. The summed E-state index contributed by atoms with van der Waals surface area (Å²) in [7, 11) is 0. The minimum Gasteiger partial charge on any atom is -0.454 e. The first-order valence-corrected chi connectivity index (χ1v) is 8.08. The Bertz CT molecular complexity index is 694. The summed E-state index contributed by atoms with van der Waals surface area (Å²) in [5, 5.41) is 4.14. The fourth-order valence-electron chi connectivity index (χ4n) is 2.56. The van der Waals surface area contributed by atoms with Gasteiger partial charge in [0, 0.05) is 5.56 Å². The smallest absolute Gasteiger partial charge is 0.235 e. The Hall–Kier alpha value is -1.81. The molecular weight excluding hydrogens is 306 g/mol. The van der Waals surface area contributed by atoms with Crippen LogP contribution < -0.4 is 26.1 Å². The van der Waals surface area contributed by atoms with Crippen LogP contribution in [0, 0.1) is 0 Å². The van der Waals surface area contributed by atoms with Crippen LogP contribution in [0.25, 0.3) is 11.4 Å². The number of aromatic nitrogens is 2. The fraction of sp³-hybridized carbons (Fsp3) is 0.385. The van der Waals surface area contributed by atoms with Crippen LogP contribution in [-0.2, 0) is 0 Å². The second-order valence-electron chi connectivity index (χ2n) is 5.02. The maximum Gasteiger partial charge on any atom is 0.235 e. The number of fused-ring (bicyclic) bond motifs is 1. The average Bonchev–Trinajstić information content (AvgIpc) is 3.24. The molecule has 1 saturated heterocycles. The standard InChI is InChI=1S/C13H15N5O3S/c1-22-13-9(10(14)16-17-13)12-15-11(18-21-12)6-2-3-7-8(4-6)20-5-19-7/h2-4,9-10,13,16-17H,5,14H2,1H3. The highest BCUT2D eigenvalue weighted by Crippen LogP contribution is 2.36. The molecule has 8 nitrogen and oxygen atoms in total. The summed E-state index contributed by atoms with van der Waals surface area (Å²) < 4.78 is 16.1. The molecule has 9 heteroatoms. The van der Waals surface area contributed by atoms with Crippen LogP contribution in [-0.4, -0.2) is 34.7 Å². The van der Waals surface area contributed by atoms with E-state index in [0.29, 0.717) is 17.5 Å². The van der Waals surface area contributed by atoms with E-state index in [1.807, 2.05) is 24.5 Å². The van der Waals surface area contributed by atoms with Crippen LogP contribution in [0.5, 0.6) is 11.5 Å². The lowest BCUT2D eigenvalue weighted by Crippen LogP contribution is -2.38. The molecular formula is C13H15N5O3S. The Kier molecular flexibility index (Phi) is 3.41. The lowest BCUT2D eigenvalue weighted by Gasteiger charge is -2.14. The largest absolute Gasteiger partial charge is 0.454 e. The quantitative estimate of drug-likeness (QED) is 0.750. The first-order valence-electron chi connectivity index (χ1n) is 6.79. The number of nitrogens with two attached hydrogens (primary N) is 1. The summed E-state index contributed by atoms with van der Waals surface area (Å²) in [6, 6.07) is 5.55. The van der Waals surface area contributed by atoms with Crippen molar-refractivity contribution in [3.05, 3.63) is 24.1 Å². The second-order valence-corrected chi connectivity index (χ2v) is 6.00. The molecule has 4 rings (SSSR count). The molecule has 116 valence electrons. The van der Waals surface area contributed by atoms with Crippen molar-refractivity contribution in [3.8, 4) is 22.9 Å². The Labute approximate surface area is 130 Å². The summed E-state index contributed by atoms with van der Waals surface area (Å²) in [6.45, 7) is 0.236. The molecule has 1 aromatic carbocycles. The van der Waals surface area contributed by atoms with Crippen molar-refractivity contribution in [1.82, 2.24) is 21.0 Å². The molecule has 2 aromatic rings. The molecule has 3 heterocycles. The van der Waals surface area contributed by atoms with Crippen molar-refractivity contribution >= 4 is 11.8 Å². The predicted octanol–water partition coefficient (Wildman–Crippen LogP) is 0.631. The molecule has 0 aliphatic carbocycles. The lowest BCUT2D eigenvalue weighted by atomic mass is 10.1. The van der Waals surface area contributed by atoms with Crippen molar-refractivity contribution in [1.29, 1.82) is 0 Å². The maximum absolute atomic E-state index is 6.05. The van der Waals surface area contributed by atoms with Crippen LogP contribution in [0.2, 0.25) is 0 Å². The van der Waals surface area contributed by atoms with Crippen LogP contribution in [0.3, 0.4) is 0 Å². The highest BCUT2D eigenvalue weighted by Gasteiger charge is 2.38. The second kappa shape index (κ2) is 5.43. The number of nitrogens with zero attached hydrogens (tertiary/aromatic N) is 2. The van der Waals surface area contributed by atoms with Gasteiger partial charge in [0.25, 0.3) is 0 Å². The molecule has 0 spiro atoms. The van der Waals surface area contributed by atoms with Gasteiger partial charge in [0.15, 0.2) is 11.5 Å². The van der Waals surface area contributed by atoms with Gasteiger partial charge >= 0.3 is 0 Å². The third kappa shape index (κ3) is 2.22. The zero-order valence-electron chi connectivity index (χ0n) is 11.8. The van der Waals surface area contributed by atoms with E-state index in [4.69, 9.17) is 19.7 Å². The zero-order chi connectivity index (χ0) is 15.1. The number of benzene rings is 1. The molecule has 3 unspecified atom stereocenters. The van der Waals surface area contributed by atoms with E-state index >= 15 is 0 Å². The fourth-order valence-corrected chi connectivity index (χ4v) is 3.32. The van der Waals surface area contributed by atoms with Gasteiger partial charge in [-0.15, -0.1) is 11.8 Å². The van der Waals surface area contributed by atoms with Crippen LogP contribution >= 0.6 is 11.8 Å². The van der Waals surface area contributed by atoms with Gasteiger partial charge < -0.3 is 19.7 Å². The number of hydrazine groups is 1. The van der Waals surface area contributed by atoms with Crippen LogP contribution in [0.4, 0.5) is 0 Å². The van der Waals surface area contributed by atoms with Gasteiger partial charge in [-0.3, -0.25) is 0 Å². The average molecular weight is 321 g/mol. The Balaban J connectivity index is 1.64. The van der Waals surface area contributed by atoms with E-state index in [0.717, 1.165) is 11.3 Å². The molecule has 0 radical (unpaired) electrons. The predicted molar refractivity (Wildman–Crippen MR) is 80.1 cm³/mol. The minimum atomic E-state index is -0.275. The first-order chi connectivity index (χ1) is 10.8. The number of thioether (sulfide) groups is 1. The molecule has 1 fully saturated rings. The summed E-state index contributed by atoms with van der Waals surface area (Å²) in [4.78, 5) is 4.49. The van der Waals surface area contributed by atoms with Crippen LogP contribution in [0.1, 0.15) is 11.8 Å². The van der Waals surface area contributed by atoms with Crippen molar-refractivity contribution in [2.75, 3.05) is 13.0 Å². The third-order valence-corrected chi connectivity index (χ3v) is 4.64. The van der Waals surface area contributed by atoms with Gasteiger partial charge in [-0.2, -0.15) is 4.98 Å².